The molecule has 2 atom stereocenters. The van der Waals surface area contributed by atoms with E-state index in [4.69, 9.17) is 4.74 Å². The normalized spacial score (nSPS) is 29.3. The summed E-state index contributed by atoms with van der Waals surface area (Å²) >= 11 is 0. The van der Waals surface area contributed by atoms with Crippen molar-refractivity contribution >= 4 is 15.7 Å². The molecule has 1 aliphatic carbocycles. The number of likely N-dealkylation sites (N-methyl/N-ethyl adjacent to an activating group) is 1. The van der Waals surface area contributed by atoms with Crippen LogP contribution in [0.2, 0.25) is 0 Å². The molecular weight excluding hydrogens is 352 g/mol. The van der Waals surface area contributed by atoms with Gasteiger partial charge in [0, 0.05) is 25.2 Å². The molecular formula is C19H34N2O4S. The summed E-state index contributed by atoms with van der Waals surface area (Å²) in [4.78, 5) is 17.3. The minimum atomic E-state index is -3.01. The monoisotopic (exact) mass is 386 g/mol. The molecule has 2 aliphatic heterocycles. The zero-order valence-electron chi connectivity index (χ0n) is 16.1. The lowest BCUT2D eigenvalue weighted by atomic mass is 9.94. The second-order valence-corrected chi connectivity index (χ2v) is 10.3. The van der Waals surface area contributed by atoms with Crippen molar-refractivity contribution in [2.24, 2.45) is 0 Å². The fraction of sp³-hybridized carbons (Fsp3) is 0.947. The van der Waals surface area contributed by atoms with E-state index in [1.807, 2.05) is 4.90 Å². The van der Waals surface area contributed by atoms with Gasteiger partial charge >= 0.3 is 0 Å². The first-order valence-electron chi connectivity index (χ1n) is 10.3. The smallest absolute Gasteiger partial charge is 0.237 e. The standard InChI is InChI=1S/C19H34N2O4S/c1-2-20(16-7-4-3-5-8-16)14-19(22)21(13-18-9-6-11-25-18)17-10-12-26(23,24)15-17/h16-18H,2-15H2,1H3. The lowest BCUT2D eigenvalue weighted by Crippen LogP contribution is -2.51. The van der Waals surface area contributed by atoms with Crippen LogP contribution in [-0.4, -0.2) is 80.1 Å². The number of ether oxygens (including phenoxy) is 1. The molecule has 0 radical (unpaired) electrons. The first-order valence-corrected chi connectivity index (χ1v) is 12.2. The van der Waals surface area contributed by atoms with E-state index in [0.29, 0.717) is 25.6 Å². The Morgan fingerprint density at radius 1 is 1.04 bits per heavy atom. The highest BCUT2D eigenvalue weighted by Crippen LogP contribution is 2.24. The number of hydrogen-bond donors (Lipinski definition) is 0. The van der Waals surface area contributed by atoms with Crippen LogP contribution in [-0.2, 0) is 19.4 Å². The van der Waals surface area contributed by atoms with Crippen LogP contribution in [0.5, 0.6) is 0 Å². The molecule has 0 N–H and O–H groups in total. The van der Waals surface area contributed by atoms with Crippen molar-refractivity contribution in [1.82, 2.24) is 9.80 Å². The quantitative estimate of drug-likeness (QED) is 0.668. The molecule has 0 aromatic rings. The van der Waals surface area contributed by atoms with Gasteiger partial charge in [-0.25, -0.2) is 8.42 Å². The maximum absolute atomic E-state index is 13.2. The minimum absolute atomic E-state index is 0.0620. The van der Waals surface area contributed by atoms with E-state index >= 15 is 0 Å². The number of hydrogen-bond acceptors (Lipinski definition) is 5. The summed E-state index contributed by atoms with van der Waals surface area (Å²) in [5.41, 5.74) is 0. The minimum Gasteiger partial charge on any atom is -0.376 e. The lowest BCUT2D eigenvalue weighted by Gasteiger charge is -2.36. The fourth-order valence-corrected chi connectivity index (χ4v) is 6.42. The second-order valence-electron chi connectivity index (χ2n) is 8.09. The molecule has 1 amide bonds. The van der Waals surface area contributed by atoms with Crippen LogP contribution in [0.15, 0.2) is 0 Å². The Kier molecular flexibility index (Phi) is 6.97. The molecule has 2 unspecified atom stereocenters. The van der Waals surface area contributed by atoms with Crippen LogP contribution in [0, 0.1) is 0 Å². The third kappa shape index (κ3) is 5.20. The Bertz CT molecular complexity index is 568. The van der Waals surface area contributed by atoms with E-state index < -0.39 is 9.84 Å². The summed E-state index contributed by atoms with van der Waals surface area (Å²) < 4.78 is 29.6. The highest BCUT2D eigenvalue weighted by atomic mass is 32.2. The molecule has 0 aromatic carbocycles. The van der Waals surface area contributed by atoms with E-state index in [1.165, 1.54) is 32.1 Å². The van der Waals surface area contributed by atoms with Crippen LogP contribution >= 0.6 is 0 Å². The van der Waals surface area contributed by atoms with Gasteiger partial charge in [-0.1, -0.05) is 26.2 Å². The summed E-state index contributed by atoms with van der Waals surface area (Å²) in [7, 11) is -3.01. The van der Waals surface area contributed by atoms with E-state index in [0.717, 1.165) is 26.0 Å². The first-order chi connectivity index (χ1) is 12.5. The molecule has 1 saturated carbocycles. The fourth-order valence-electron chi connectivity index (χ4n) is 4.69. The second kappa shape index (κ2) is 9.02. The van der Waals surface area contributed by atoms with E-state index in [1.54, 1.807) is 0 Å². The average Bonchev–Trinajstić information content (AvgIpc) is 3.27. The molecule has 0 spiro atoms. The van der Waals surface area contributed by atoms with Crippen LogP contribution < -0.4 is 0 Å². The molecule has 150 valence electrons. The van der Waals surface area contributed by atoms with E-state index in [-0.39, 0.29) is 29.6 Å². The van der Waals surface area contributed by atoms with Crippen molar-refractivity contribution in [2.45, 2.75) is 76.5 Å². The maximum atomic E-state index is 13.2. The molecule has 0 aromatic heterocycles. The third-order valence-corrected chi connectivity index (χ3v) is 7.98. The Morgan fingerprint density at radius 3 is 2.38 bits per heavy atom. The number of sulfone groups is 1. The van der Waals surface area contributed by atoms with Crippen molar-refractivity contribution in [1.29, 1.82) is 0 Å². The zero-order chi connectivity index (χ0) is 18.6. The van der Waals surface area contributed by atoms with Crippen molar-refractivity contribution in [3.63, 3.8) is 0 Å². The summed E-state index contributed by atoms with van der Waals surface area (Å²) in [6, 6.07) is 0.316. The summed E-state index contributed by atoms with van der Waals surface area (Å²) in [6.45, 7) is 4.68. The zero-order valence-corrected chi connectivity index (χ0v) is 16.9. The summed E-state index contributed by atoms with van der Waals surface area (Å²) in [6.07, 6.45) is 8.75. The SMILES string of the molecule is CCN(CC(=O)N(CC1CCCO1)C1CCS(=O)(=O)C1)C1CCCCC1. The molecule has 0 bridgehead atoms. The predicted octanol–water partition coefficient (Wildman–Crippen LogP) is 1.84. The summed E-state index contributed by atoms with van der Waals surface area (Å²) in [5.74, 6) is 0.392. The van der Waals surface area contributed by atoms with Gasteiger partial charge in [-0.2, -0.15) is 0 Å². The van der Waals surface area contributed by atoms with Crippen molar-refractivity contribution in [3.8, 4) is 0 Å². The van der Waals surface area contributed by atoms with Crippen molar-refractivity contribution < 1.29 is 17.9 Å². The Balaban J connectivity index is 1.66. The number of amides is 1. The highest BCUT2D eigenvalue weighted by molar-refractivity contribution is 7.91. The van der Waals surface area contributed by atoms with Crippen LogP contribution in [0.25, 0.3) is 0 Å². The van der Waals surface area contributed by atoms with Crippen LogP contribution in [0.1, 0.15) is 58.3 Å². The van der Waals surface area contributed by atoms with Gasteiger partial charge in [0.05, 0.1) is 24.2 Å². The molecule has 3 aliphatic rings. The number of carbonyl (C=O) groups excluding carboxylic acids is 1. The summed E-state index contributed by atoms with van der Waals surface area (Å²) in [5, 5.41) is 0. The number of rotatable bonds is 7. The Morgan fingerprint density at radius 2 is 1.81 bits per heavy atom. The number of carbonyl (C=O) groups is 1. The Hall–Kier alpha value is -0.660. The highest BCUT2D eigenvalue weighted by Gasteiger charge is 2.37. The van der Waals surface area contributed by atoms with Crippen LogP contribution in [0.3, 0.4) is 0 Å². The average molecular weight is 387 g/mol. The van der Waals surface area contributed by atoms with Gasteiger partial charge in [0.25, 0.3) is 0 Å². The van der Waals surface area contributed by atoms with Gasteiger partial charge in [0.2, 0.25) is 5.91 Å². The van der Waals surface area contributed by atoms with Crippen molar-refractivity contribution in [2.75, 3.05) is 37.7 Å². The number of nitrogens with zero attached hydrogens (tertiary/aromatic N) is 2. The molecule has 2 saturated heterocycles. The van der Waals surface area contributed by atoms with Gasteiger partial charge in [0.15, 0.2) is 9.84 Å². The third-order valence-electron chi connectivity index (χ3n) is 6.23. The van der Waals surface area contributed by atoms with Gasteiger partial charge in [0.1, 0.15) is 0 Å². The molecule has 3 rings (SSSR count). The van der Waals surface area contributed by atoms with Crippen LogP contribution in [0.4, 0.5) is 0 Å². The molecule has 3 fully saturated rings. The van der Waals surface area contributed by atoms with Gasteiger partial charge in [-0.15, -0.1) is 0 Å². The first kappa shape index (κ1) is 20.1. The van der Waals surface area contributed by atoms with Crippen molar-refractivity contribution in [3.05, 3.63) is 0 Å². The van der Waals surface area contributed by atoms with E-state index in [9.17, 15) is 13.2 Å². The molecule has 2 heterocycles. The molecule has 7 heteroatoms. The van der Waals surface area contributed by atoms with Gasteiger partial charge in [-0.05, 0) is 38.6 Å². The van der Waals surface area contributed by atoms with Gasteiger partial charge in [-0.3, -0.25) is 9.69 Å². The molecule has 26 heavy (non-hydrogen) atoms. The largest absolute Gasteiger partial charge is 0.376 e. The lowest BCUT2D eigenvalue weighted by molar-refractivity contribution is -0.136. The molecule has 6 nitrogen and oxygen atoms in total. The topological polar surface area (TPSA) is 66.9 Å². The maximum Gasteiger partial charge on any atom is 0.237 e. The predicted molar refractivity (Wildman–Crippen MR) is 102 cm³/mol. The Labute approximate surface area is 158 Å². The van der Waals surface area contributed by atoms with Gasteiger partial charge < -0.3 is 9.64 Å². The van der Waals surface area contributed by atoms with E-state index in [2.05, 4.69) is 11.8 Å².